The lowest BCUT2D eigenvalue weighted by Crippen LogP contribution is -2.49. The van der Waals surface area contributed by atoms with Gasteiger partial charge in [0.05, 0.1) is 18.8 Å². The van der Waals surface area contributed by atoms with E-state index < -0.39 is 18.2 Å². The van der Waals surface area contributed by atoms with Crippen LogP contribution in [0.25, 0.3) is 0 Å². The molecule has 3 atom stereocenters. The van der Waals surface area contributed by atoms with Crippen molar-refractivity contribution in [2.45, 2.75) is 24.7 Å². The molecule has 3 heteroatoms. The standard InChI is InChI=1S/C7H11NO2/c1-2-6-7(8)5(9)3-4-10-6/h1,5-7,9H,3-4,8H2/t5-,6+,7+/m0/s1. The van der Waals surface area contributed by atoms with Crippen molar-refractivity contribution in [2.24, 2.45) is 5.73 Å². The van der Waals surface area contributed by atoms with E-state index >= 15 is 0 Å². The van der Waals surface area contributed by atoms with E-state index in [-0.39, 0.29) is 0 Å². The molecule has 0 bridgehead atoms. The number of aliphatic hydroxyl groups is 1. The minimum atomic E-state index is -0.505. The lowest BCUT2D eigenvalue weighted by Gasteiger charge is -2.29. The number of rotatable bonds is 0. The van der Waals surface area contributed by atoms with E-state index in [9.17, 15) is 5.11 Å². The summed E-state index contributed by atoms with van der Waals surface area (Å²) in [6.45, 7) is 0.504. The van der Waals surface area contributed by atoms with Gasteiger partial charge in [-0.15, -0.1) is 6.42 Å². The van der Waals surface area contributed by atoms with Crippen molar-refractivity contribution in [2.75, 3.05) is 6.61 Å². The summed E-state index contributed by atoms with van der Waals surface area (Å²) in [6, 6.07) is -0.418. The maximum atomic E-state index is 9.18. The topological polar surface area (TPSA) is 55.5 Å². The minimum absolute atomic E-state index is 0.413. The van der Waals surface area contributed by atoms with Gasteiger partial charge in [-0.1, -0.05) is 5.92 Å². The molecule has 0 unspecified atom stereocenters. The summed E-state index contributed by atoms with van der Waals surface area (Å²) in [5.41, 5.74) is 5.52. The predicted molar refractivity (Wildman–Crippen MR) is 37.2 cm³/mol. The third-order valence-corrected chi connectivity index (χ3v) is 1.67. The molecule has 56 valence electrons. The Kier molecular flexibility index (Phi) is 2.28. The van der Waals surface area contributed by atoms with Crippen LogP contribution in [-0.4, -0.2) is 30.0 Å². The molecule has 1 rings (SSSR count). The Balaban J connectivity index is 2.53. The average molecular weight is 141 g/mol. The zero-order valence-electron chi connectivity index (χ0n) is 5.66. The first-order valence-corrected chi connectivity index (χ1v) is 3.27. The van der Waals surface area contributed by atoms with Crippen LogP contribution < -0.4 is 5.73 Å². The zero-order valence-corrected chi connectivity index (χ0v) is 5.66. The first-order valence-electron chi connectivity index (χ1n) is 3.27. The molecule has 3 N–H and O–H groups in total. The quantitative estimate of drug-likeness (QED) is 0.430. The summed E-state index contributed by atoms with van der Waals surface area (Å²) in [4.78, 5) is 0. The van der Waals surface area contributed by atoms with Gasteiger partial charge in [0.15, 0.2) is 0 Å². The van der Waals surface area contributed by atoms with E-state index in [1.807, 2.05) is 0 Å². The fraction of sp³-hybridized carbons (Fsp3) is 0.714. The molecule has 0 aliphatic carbocycles. The normalized spacial score (nSPS) is 40.7. The zero-order chi connectivity index (χ0) is 7.56. The number of hydrogen-bond donors (Lipinski definition) is 2. The van der Waals surface area contributed by atoms with Crippen LogP contribution in [0.2, 0.25) is 0 Å². The molecule has 0 saturated carbocycles. The van der Waals surface area contributed by atoms with Gasteiger partial charge in [-0.05, 0) is 6.42 Å². The van der Waals surface area contributed by atoms with Gasteiger partial charge in [0.25, 0.3) is 0 Å². The number of aliphatic hydroxyl groups excluding tert-OH is 1. The molecule has 1 saturated heterocycles. The van der Waals surface area contributed by atoms with E-state index in [2.05, 4.69) is 5.92 Å². The van der Waals surface area contributed by atoms with Crippen LogP contribution in [0.5, 0.6) is 0 Å². The van der Waals surface area contributed by atoms with Gasteiger partial charge in [0.1, 0.15) is 6.10 Å². The van der Waals surface area contributed by atoms with Crippen LogP contribution >= 0.6 is 0 Å². The third-order valence-electron chi connectivity index (χ3n) is 1.67. The van der Waals surface area contributed by atoms with Crippen molar-refractivity contribution in [3.63, 3.8) is 0 Å². The molecule has 1 aliphatic heterocycles. The van der Waals surface area contributed by atoms with Crippen molar-refractivity contribution in [1.82, 2.24) is 0 Å². The average Bonchev–Trinajstić information content (AvgIpc) is 1.95. The van der Waals surface area contributed by atoms with Gasteiger partial charge >= 0.3 is 0 Å². The van der Waals surface area contributed by atoms with E-state index in [1.54, 1.807) is 0 Å². The Morgan fingerprint density at radius 1 is 1.70 bits per heavy atom. The number of terminal acetylenes is 1. The fourth-order valence-electron chi connectivity index (χ4n) is 0.980. The highest BCUT2D eigenvalue weighted by Gasteiger charge is 2.28. The van der Waals surface area contributed by atoms with Gasteiger partial charge in [-0.25, -0.2) is 0 Å². The first kappa shape index (κ1) is 7.55. The van der Waals surface area contributed by atoms with Gasteiger partial charge in [-0.2, -0.15) is 0 Å². The maximum absolute atomic E-state index is 9.18. The molecule has 3 nitrogen and oxygen atoms in total. The van der Waals surface area contributed by atoms with Crippen LogP contribution in [0, 0.1) is 12.3 Å². The van der Waals surface area contributed by atoms with Gasteiger partial charge in [-0.3, -0.25) is 0 Å². The van der Waals surface area contributed by atoms with E-state index in [1.165, 1.54) is 0 Å². The van der Waals surface area contributed by atoms with E-state index in [0.29, 0.717) is 13.0 Å². The van der Waals surface area contributed by atoms with Crippen molar-refractivity contribution >= 4 is 0 Å². The van der Waals surface area contributed by atoms with Crippen LogP contribution in [0.1, 0.15) is 6.42 Å². The summed E-state index contributed by atoms with van der Waals surface area (Å²) in [6.07, 6.45) is 4.75. The first-order chi connectivity index (χ1) is 4.75. The molecular weight excluding hydrogens is 130 g/mol. The number of nitrogens with two attached hydrogens (primary N) is 1. The molecular formula is C7H11NO2. The van der Waals surface area contributed by atoms with Gasteiger partial charge in [0.2, 0.25) is 0 Å². The maximum Gasteiger partial charge on any atom is 0.135 e. The Bertz CT molecular complexity index is 152. The molecule has 0 radical (unpaired) electrons. The predicted octanol–water partition coefficient (Wildman–Crippen LogP) is -0.903. The third kappa shape index (κ3) is 1.29. The molecule has 1 aliphatic rings. The second-order valence-electron chi connectivity index (χ2n) is 2.39. The molecule has 0 spiro atoms. The molecule has 1 heterocycles. The lowest BCUT2D eigenvalue weighted by atomic mass is 10.0. The van der Waals surface area contributed by atoms with Gasteiger partial charge in [0, 0.05) is 0 Å². The largest absolute Gasteiger partial charge is 0.391 e. The number of ether oxygens (including phenoxy) is 1. The second kappa shape index (κ2) is 3.02. The number of hydrogen-bond acceptors (Lipinski definition) is 3. The monoisotopic (exact) mass is 141 g/mol. The summed E-state index contributed by atoms with van der Waals surface area (Å²) in [5.74, 6) is 2.38. The van der Waals surface area contributed by atoms with Crippen LogP contribution in [0.15, 0.2) is 0 Å². The van der Waals surface area contributed by atoms with Crippen molar-refractivity contribution < 1.29 is 9.84 Å². The molecule has 0 aromatic carbocycles. The van der Waals surface area contributed by atoms with E-state index in [4.69, 9.17) is 16.9 Å². The van der Waals surface area contributed by atoms with Crippen LogP contribution in [0.4, 0.5) is 0 Å². The highest BCUT2D eigenvalue weighted by molar-refractivity contribution is 5.04. The van der Waals surface area contributed by atoms with Crippen molar-refractivity contribution in [3.05, 3.63) is 0 Å². The van der Waals surface area contributed by atoms with Crippen molar-refractivity contribution in [3.8, 4) is 12.3 Å². The Hall–Kier alpha value is -0.560. The lowest BCUT2D eigenvalue weighted by molar-refractivity contribution is -0.0338. The molecule has 0 aromatic heterocycles. The smallest absolute Gasteiger partial charge is 0.135 e. The minimum Gasteiger partial charge on any atom is -0.391 e. The SMILES string of the molecule is C#C[C@H]1OCC[C@H](O)[C@H]1N. The Morgan fingerprint density at radius 3 is 2.90 bits per heavy atom. The molecule has 10 heavy (non-hydrogen) atoms. The summed E-state index contributed by atoms with van der Waals surface area (Å²) in [7, 11) is 0. The Labute approximate surface area is 60.2 Å². The fourth-order valence-corrected chi connectivity index (χ4v) is 0.980. The highest BCUT2D eigenvalue weighted by Crippen LogP contribution is 2.11. The summed E-state index contributed by atoms with van der Waals surface area (Å²) in [5, 5.41) is 9.18. The summed E-state index contributed by atoms with van der Waals surface area (Å²) < 4.78 is 5.09. The highest BCUT2D eigenvalue weighted by atomic mass is 16.5. The molecule has 0 amide bonds. The van der Waals surface area contributed by atoms with Crippen LogP contribution in [0.3, 0.4) is 0 Å². The second-order valence-corrected chi connectivity index (χ2v) is 2.39. The molecule has 1 fully saturated rings. The van der Waals surface area contributed by atoms with Crippen molar-refractivity contribution in [1.29, 1.82) is 0 Å². The molecule has 0 aromatic rings. The van der Waals surface area contributed by atoms with Crippen LogP contribution in [-0.2, 0) is 4.74 Å². The van der Waals surface area contributed by atoms with E-state index in [0.717, 1.165) is 0 Å². The summed E-state index contributed by atoms with van der Waals surface area (Å²) >= 11 is 0. The Morgan fingerprint density at radius 2 is 2.40 bits per heavy atom. The van der Waals surface area contributed by atoms with Gasteiger partial charge < -0.3 is 15.6 Å².